The standard InChI is InChI=1S/C24H25N3O5S/c25-33(30,31)20-9-5-16(6-10-20)11-12-26-24(29)21-13-17-3-1-2-4-18(17)14-22(21)32-15-23(28)27-19-7-8-19/h1-6,9-10,13-14,19H,7-8,11-12,15H2,(H,26,29)(H,27,28)(H2,25,30,31). The second kappa shape index (κ2) is 9.60. The van der Waals surface area contributed by atoms with Gasteiger partial charge in [-0.2, -0.15) is 0 Å². The van der Waals surface area contributed by atoms with Crippen LogP contribution in [0, 0.1) is 0 Å². The van der Waals surface area contributed by atoms with Gasteiger partial charge in [0.1, 0.15) is 5.75 Å². The Morgan fingerprint density at radius 2 is 1.67 bits per heavy atom. The molecule has 3 aromatic carbocycles. The van der Waals surface area contributed by atoms with E-state index in [1.54, 1.807) is 24.3 Å². The Morgan fingerprint density at radius 1 is 1.00 bits per heavy atom. The highest BCUT2D eigenvalue weighted by Crippen LogP contribution is 2.26. The zero-order valence-corrected chi connectivity index (χ0v) is 18.7. The minimum atomic E-state index is -3.74. The van der Waals surface area contributed by atoms with Crippen molar-refractivity contribution in [1.29, 1.82) is 0 Å². The minimum Gasteiger partial charge on any atom is -0.483 e. The minimum absolute atomic E-state index is 0.0407. The molecule has 0 aliphatic heterocycles. The third kappa shape index (κ3) is 6.09. The van der Waals surface area contributed by atoms with E-state index in [1.165, 1.54) is 12.1 Å². The summed E-state index contributed by atoms with van der Waals surface area (Å²) in [6.45, 7) is 0.174. The predicted octanol–water partition coefficient (Wildman–Crippen LogP) is 2.12. The van der Waals surface area contributed by atoms with Crippen molar-refractivity contribution in [3.8, 4) is 5.75 Å². The number of sulfonamides is 1. The quantitative estimate of drug-likeness (QED) is 0.444. The number of fused-ring (bicyclic) bond motifs is 1. The van der Waals surface area contributed by atoms with Gasteiger partial charge in [-0.05, 0) is 59.9 Å². The number of carbonyl (C=O) groups excluding carboxylic acids is 2. The summed E-state index contributed by atoms with van der Waals surface area (Å²) in [5.41, 5.74) is 1.20. The van der Waals surface area contributed by atoms with Crippen LogP contribution in [0.25, 0.3) is 10.8 Å². The molecule has 0 aromatic heterocycles. The van der Waals surface area contributed by atoms with Gasteiger partial charge in [0.25, 0.3) is 11.8 Å². The van der Waals surface area contributed by atoms with E-state index < -0.39 is 10.0 Å². The lowest BCUT2D eigenvalue weighted by molar-refractivity contribution is -0.123. The van der Waals surface area contributed by atoms with E-state index in [2.05, 4.69) is 10.6 Å². The highest BCUT2D eigenvalue weighted by molar-refractivity contribution is 7.89. The number of primary sulfonamides is 1. The molecule has 4 N–H and O–H groups in total. The average molecular weight is 468 g/mol. The second-order valence-corrected chi connectivity index (χ2v) is 9.58. The molecule has 4 rings (SSSR count). The van der Waals surface area contributed by atoms with Gasteiger partial charge in [-0.25, -0.2) is 13.6 Å². The maximum Gasteiger partial charge on any atom is 0.258 e. The first-order valence-corrected chi connectivity index (χ1v) is 12.2. The molecule has 1 aliphatic rings. The largest absolute Gasteiger partial charge is 0.483 e. The molecule has 3 aromatic rings. The number of hydrogen-bond acceptors (Lipinski definition) is 5. The van der Waals surface area contributed by atoms with Crippen molar-refractivity contribution in [1.82, 2.24) is 10.6 Å². The third-order valence-corrected chi connectivity index (χ3v) is 6.27. The molecule has 0 heterocycles. The van der Waals surface area contributed by atoms with E-state index in [-0.39, 0.29) is 29.4 Å². The zero-order chi connectivity index (χ0) is 23.4. The van der Waals surface area contributed by atoms with Crippen LogP contribution >= 0.6 is 0 Å². The Labute approximate surface area is 192 Å². The number of nitrogens with one attached hydrogen (secondary N) is 2. The number of ether oxygens (including phenoxy) is 1. The smallest absolute Gasteiger partial charge is 0.258 e. The van der Waals surface area contributed by atoms with Gasteiger partial charge in [-0.3, -0.25) is 9.59 Å². The normalized spacial score (nSPS) is 13.5. The van der Waals surface area contributed by atoms with Crippen molar-refractivity contribution < 1.29 is 22.7 Å². The molecular formula is C24H25N3O5S. The van der Waals surface area contributed by atoms with Crippen molar-refractivity contribution in [2.75, 3.05) is 13.2 Å². The van der Waals surface area contributed by atoms with Crippen molar-refractivity contribution in [3.63, 3.8) is 0 Å². The number of rotatable bonds is 9. The topological polar surface area (TPSA) is 128 Å². The first-order valence-electron chi connectivity index (χ1n) is 10.6. The van der Waals surface area contributed by atoms with E-state index in [1.807, 2.05) is 24.3 Å². The molecule has 33 heavy (non-hydrogen) atoms. The van der Waals surface area contributed by atoms with Crippen LogP contribution in [0.3, 0.4) is 0 Å². The summed E-state index contributed by atoms with van der Waals surface area (Å²) in [5, 5.41) is 12.6. The van der Waals surface area contributed by atoms with Gasteiger partial charge < -0.3 is 15.4 Å². The van der Waals surface area contributed by atoms with E-state index in [9.17, 15) is 18.0 Å². The fraction of sp³-hybridized carbons (Fsp3) is 0.250. The fourth-order valence-electron chi connectivity index (χ4n) is 3.42. The van der Waals surface area contributed by atoms with Crippen molar-refractivity contribution in [2.45, 2.75) is 30.2 Å². The zero-order valence-electron chi connectivity index (χ0n) is 17.9. The lowest BCUT2D eigenvalue weighted by atomic mass is 10.1. The van der Waals surface area contributed by atoms with E-state index in [0.29, 0.717) is 24.3 Å². The van der Waals surface area contributed by atoms with E-state index in [0.717, 1.165) is 29.2 Å². The summed E-state index contributed by atoms with van der Waals surface area (Å²) in [5.74, 6) is -0.186. The Hall–Kier alpha value is -3.43. The van der Waals surface area contributed by atoms with Crippen LogP contribution < -0.4 is 20.5 Å². The molecule has 1 fully saturated rings. The van der Waals surface area contributed by atoms with Gasteiger partial charge in [0, 0.05) is 12.6 Å². The first-order chi connectivity index (χ1) is 15.8. The van der Waals surface area contributed by atoms with Crippen LogP contribution in [-0.4, -0.2) is 39.4 Å². The van der Waals surface area contributed by atoms with Crippen LogP contribution in [0.15, 0.2) is 65.6 Å². The lowest BCUT2D eigenvalue weighted by Gasteiger charge is -2.13. The van der Waals surface area contributed by atoms with Crippen molar-refractivity contribution in [3.05, 3.63) is 71.8 Å². The molecule has 0 spiro atoms. The van der Waals surface area contributed by atoms with Crippen LogP contribution in [-0.2, 0) is 21.2 Å². The van der Waals surface area contributed by atoms with Gasteiger partial charge in [-0.15, -0.1) is 0 Å². The molecule has 0 saturated heterocycles. The summed E-state index contributed by atoms with van der Waals surface area (Å²) in [6, 6.07) is 17.6. The average Bonchev–Trinajstić information content (AvgIpc) is 3.60. The van der Waals surface area contributed by atoms with Gasteiger partial charge in [-0.1, -0.05) is 36.4 Å². The Kier molecular flexibility index (Phi) is 6.62. The van der Waals surface area contributed by atoms with E-state index >= 15 is 0 Å². The number of carbonyl (C=O) groups is 2. The molecule has 0 atom stereocenters. The summed E-state index contributed by atoms with van der Waals surface area (Å²) >= 11 is 0. The van der Waals surface area contributed by atoms with E-state index in [4.69, 9.17) is 9.88 Å². The predicted molar refractivity (Wildman–Crippen MR) is 124 cm³/mol. The number of hydrogen-bond donors (Lipinski definition) is 3. The lowest BCUT2D eigenvalue weighted by Crippen LogP contribution is -2.31. The van der Waals surface area contributed by atoms with Gasteiger partial charge in [0.15, 0.2) is 6.61 Å². The number of nitrogens with two attached hydrogens (primary N) is 1. The van der Waals surface area contributed by atoms with Crippen LogP contribution in [0.5, 0.6) is 5.75 Å². The molecule has 172 valence electrons. The molecule has 1 saturated carbocycles. The summed E-state index contributed by atoms with van der Waals surface area (Å²) in [4.78, 5) is 25.0. The SMILES string of the molecule is NS(=O)(=O)c1ccc(CCNC(=O)c2cc3ccccc3cc2OCC(=O)NC2CC2)cc1. The number of amides is 2. The first kappa shape index (κ1) is 22.8. The molecule has 0 unspecified atom stereocenters. The van der Waals surface area contributed by atoms with Gasteiger partial charge >= 0.3 is 0 Å². The maximum atomic E-state index is 12.9. The summed E-state index contributed by atoms with van der Waals surface area (Å²) < 4.78 is 28.5. The molecule has 9 heteroatoms. The highest BCUT2D eigenvalue weighted by atomic mass is 32.2. The van der Waals surface area contributed by atoms with Gasteiger partial charge in [0.2, 0.25) is 10.0 Å². The summed E-state index contributed by atoms with van der Waals surface area (Å²) in [6.07, 6.45) is 2.48. The van der Waals surface area contributed by atoms with Gasteiger partial charge in [0.05, 0.1) is 10.5 Å². The summed E-state index contributed by atoms with van der Waals surface area (Å²) in [7, 11) is -3.74. The molecule has 8 nitrogen and oxygen atoms in total. The number of benzene rings is 3. The van der Waals surface area contributed by atoms with Crippen LogP contribution in [0.1, 0.15) is 28.8 Å². The van der Waals surface area contributed by atoms with Crippen LogP contribution in [0.2, 0.25) is 0 Å². The fourth-order valence-corrected chi connectivity index (χ4v) is 3.93. The van der Waals surface area contributed by atoms with Crippen molar-refractivity contribution >= 4 is 32.6 Å². The molecule has 2 amide bonds. The molecule has 0 radical (unpaired) electrons. The Balaban J connectivity index is 1.43. The molecule has 0 bridgehead atoms. The van der Waals surface area contributed by atoms with Crippen molar-refractivity contribution in [2.24, 2.45) is 5.14 Å². The monoisotopic (exact) mass is 467 g/mol. The maximum absolute atomic E-state index is 12.9. The van der Waals surface area contributed by atoms with Crippen LogP contribution in [0.4, 0.5) is 0 Å². The molecule has 1 aliphatic carbocycles. The molecular weight excluding hydrogens is 442 g/mol. The Morgan fingerprint density at radius 3 is 2.30 bits per heavy atom. The Bertz CT molecular complexity index is 1290. The highest BCUT2D eigenvalue weighted by Gasteiger charge is 2.23. The second-order valence-electron chi connectivity index (χ2n) is 8.02. The third-order valence-electron chi connectivity index (χ3n) is 5.34.